The Balaban J connectivity index is 6.03. The lowest BCUT2D eigenvalue weighted by Gasteiger charge is -2.38. The number of hydrogen-bond donors (Lipinski definition) is 4. The van der Waals surface area contributed by atoms with Gasteiger partial charge in [-0.1, -0.05) is 0 Å². The summed E-state index contributed by atoms with van der Waals surface area (Å²) in [7, 11) is -3.07. The second-order valence-electron chi connectivity index (χ2n) is 6.05. The fourth-order valence-corrected chi connectivity index (χ4v) is 3.72. The van der Waals surface area contributed by atoms with Crippen LogP contribution in [0.4, 0.5) is 0 Å². The van der Waals surface area contributed by atoms with Crippen molar-refractivity contribution in [1.29, 1.82) is 0 Å². The van der Waals surface area contributed by atoms with Crippen LogP contribution < -0.4 is 0 Å². The summed E-state index contributed by atoms with van der Waals surface area (Å²) in [4.78, 5) is 2.66. The molecule has 0 fully saturated rings. The van der Waals surface area contributed by atoms with Gasteiger partial charge in [-0.15, -0.1) is 0 Å². The summed E-state index contributed by atoms with van der Waals surface area (Å²) in [5, 5.41) is 37.7. The van der Waals surface area contributed by atoms with Gasteiger partial charge < -0.3 is 39.4 Å². The molecular weight excluding hydrogens is 451 g/mol. The van der Waals surface area contributed by atoms with Gasteiger partial charge in [-0.3, -0.25) is 0 Å². The maximum Gasteiger partial charge on any atom is 0.711 e. The number of nitrogens with zero attached hydrogens (tertiary/aromatic N) is 2. The first-order valence-corrected chi connectivity index (χ1v) is 11.8. The van der Waals surface area contributed by atoms with Gasteiger partial charge in [-0.25, -0.2) is 9.80 Å². The molecule has 32 heavy (non-hydrogen) atoms. The molecule has 0 radical (unpaired) electrons. The maximum absolute atomic E-state index is 13.1. The van der Waals surface area contributed by atoms with Crippen LogP contribution in [0.5, 0.6) is 0 Å². The number of aliphatic hydroxyl groups excluding tert-OH is 4. The topological polar surface area (TPSA) is 160 Å². The van der Waals surface area contributed by atoms with E-state index in [4.69, 9.17) is 28.0 Å². The van der Waals surface area contributed by atoms with E-state index < -0.39 is 20.4 Å². The molecule has 192 valence electrons. The quantitative estimate of drug-likeness (QED) is 0.115. The number of rotatable bonds is 22. The first-order chi connectivity index (χ1) is 15.4. The molecule has 0 saturated heterocycles. The lowest BCUT2D eigenvalue weighted by atomic mass is 10.5. The molecule has 0 unspecified atom stereocenters. The van der Waals surface area contributed by atoms with Crippen molar-refractivity contribution in [2.45, 2.75) is 39.9 Å². The van der Waals surface area contributed by atoms with Crippen molar-refractivity contribution < 1.29 is 53.0 Å². The van der Waals surface area contributed by atoms with Crippen LogP contribution in [0, 0.1) is 0 Å². The van der Waals surface area contributed by atoms with Gasteiger partial charge in [0.25, 0.3) is 0 Å². The molecule has 0 aliphatic carbocycles. The molecule has 0 heterocycles. The molecule has 0 atom stereocenters. The van der Waals surface area contributed by atoms with Crippen LogP contribution in [0.15, 0.2) is 0 Å². The summed E-state index contributed by atoms with van der Waals surface area (Å²) in [6, 6.07) is 0. The fourth-order valence-electron chi connectivity index (χ4n) is 2.86. The molecule has 0 aliphatic heterocycles. The lowest BCUT2D eigenvalue weighted by molar-refractivity contribution is -0.433. The van der Waals surface area contributed by atoms with Gasteiger partial charge in [0.1, 0.15) is 0 Å². The summed E-state index contributed by atoms with van der Waals surface area (Å²) in [5.74, 6) is 0. The first-order valence-electron chi connectivity index (χ1n) is 10.7. The standard InChI is InChI=1S/C18H40N2O11P/c1-5-26-17(27-6-2,19(9-13-21)10-14-22)30-32(25)31-18(28-7-3,29-8-4)20(11-15-23)12-16-24/h21-24H,5-16H2,1-4H3/q+1. The fraction of sp³-hybridized carbons (Fsp3) is 1.00. The highest BCUT2D eigenvalue weighted by Crippen LogP contribution is 2.41. The summed E-state index contributed by atoms with van der Waals surface area (Å²) in [6.07, 6.45) is -4.07. The Labute approximate surface area is 190 Å². The van der Waals surface area contributed by atoms with E-state index in [9.17, 15) is 25.0 Å². The van der Waals surface area contributed by atoms with Gasteiger partial charge in [0.2, 0.25) is 0 Å². The highest BCUT2D eigenvalue weighted by atomic mass is 31.1. The van der Waals surface area contributed by atoms with Crippen LogP contribution >= 0.6 is 8.25 Å². The molecule has 4 N–H and O–H groups in total. The zero-order valence-corrected chi connectivity index (χ0v) is 20.4. The molecular formula is C18H40N2O11P+. The molecule has 13 nitrogen and oxygen atoms in total. The lowest BCUT2D eigenvalue weighted by Crippen LogP contribution is -2.58. The molecule has 0 saturated carbocycles. The minimum absolute atomic E-state index is 0.0209. The largest absolute Gasteiger partial charge is 0.711 e. The van der Waals surface area contributed by atoms with Crippen LogP contribution in [0.25, 0.3) is 0 Å². The van der Waals surface area contributed by atoms with Crippen LogP contribution in [0.2, 0.25) is 0 Å². The van der Waals surface area contributed by atoms with Gasteiger partial charge in [0.15, 0.2) is 0 Å². The van der Waals surface area contributed by atoms with Gasteiger partial charge >= 0.3 is 20.4 Å². The van der Waals surface area contributed by atoms with Crippen LogP contribution in [-0.4, -0.2) is 121 Å². The Bertz CT molecular complexity index is 426. The van der Waals surface area contributed by atoms with Crippen molar-refractivity contribution in [2.75, 3.05) is 79.0 Å². The zero-order valence-electron chi connectivity index (χ0n) is 19.5. The van der Waals surface area contributed by atoms with E-state index >= 15 is 0 Å². The molecule has 0 rings (SSSR count). The molecule has 0 bridgehead atoms. The average Bonchev–Trinajstić information content (AvgIpc) is 2.74. The number of ether oxygens (including phenoxy) is 4. The van der Waals surface area contributed by atoms with Crippen molar-refractivity contribution >= 4 is 8.25 Å². The Kier molecular flexibility index (Phi) is 17.8. The zero-order chi connectivity index (χ0) is 24.5. The summed E-state index contributed by atoms with van der Waals surface area (Å²) < 4.78 is 46.7. The SMILES string of the molecule is CCOC(OCC)(O[P+](=O)OC(OCC)(OCC)N(CCO)CCO)N(CCO)CCO. The van der Waals surface area contributed by atoms with E-state index in [1.54, 1.807) is 27.7 Å². The molecule has 0 aromatic heterocycles. The van der Waals surface area contributed by atoms with Gasteiger partial charge in [-0.2, -0.15) is 0 Å². The summed E-state index contributed by atoms with van der Waals surface area (Å²) in [5.41, 5.74) is 0. The summed E-state index contributed by atoms with van der Waals surface area (Å²) >= 11 is 0. The average molecular weight is 491 g/mol. The van der Waals surface area contributed by atoms with Crippen molar-refractivity contribution in [3.8, 4) is 0 Å². The predicted octanol–water partition coefficient (Wildman–Crippen LogP) is -0.381. The minimum Gasteiger partial charge on any atom is -0.395 e. The van der Waals surface area contributed by atoms with E-state index in [2.05, 4.69) is 0 Å². The minimum atomic E-state index is -3.07. The summed E-state index contributed by atoms with van der Waals surface area (Å²) in [6.45, 7) is 5.64. The van der Waals surface area contributed by atoms with Gasteiger partial charge in [0.05, 0.1) is 52.9 Å². The molecule has 0 spiro atoms. The second-order valence-corrected chi connectivity index (χ2v) is 6.87. The third-order valence-electron chi connectivity index (χ3n) is 3.94. The monoisotopic (exact) mass is 491 g/mol. The Morgan fingerprint density at radius 1 is 0.594 bits per heavy atom. The molecule has 0 aromatic rings. The van der Waals surface area contributed by atoms with E-state index in [0.29, 0.717) is 0 Å². The van der Waals surface area contributed by atoms with Crippen LogP contribution in [0.3, 0.4) is 0 Å². The third-order valence-corrected chi connectivity index (χ3v) is 4.70. The van der Waals surface area contributed by atoms with Crippen molar-refractivity contribution in [1.82, 2.24) is 9.80 Å². The predicted molar refractivity (Wildman–Crippen MR) is 113 cm³/mol. The molecule has 0 aromatic carbocycles. The highest BCUT2D eigenvalue weighted by Gasteiger charge is 2.56. The Morgan fingerprint density at radius 3 is 1.03 bits per heavy atom. The molecule has 14 heteroatoms. The van der Waals surface area contributed by atoms with Crippen LogP contribution in [-0.2, 0) is 32.6 Å². The maximum atomic E-state index is 13.1. The Morgan fingerprint density at radius 2 is 0.844 bits per heavy atom. The van der Waals surface area contributed by atoms with E-state index in [0.717, 1.165) is 0 Å². The molecule has 0 aliphatic rings. The van der Waals surface area contributed by atoms with Crippen LogP contribution in [0.1, 0.15) is 27.7 Å². The smallest absolute Gasteiger partial charge is 0.395 e. The van der Waals surface area contributed by atoms with Crippen molar-refractivity contribution in [3.63, 3.8) is 0 Å². The van der Waals surface area contributed by atoms with Crippen molar-refractivity contribution in [3.05, 3.63) is 0 Å². The second kappa shape index (κ2) is 18.0. The number of hydrogen-bond acceptors (Lipinski definition) is 13. The normalized spacial score (nSPS) is 12.8. The Hall–Kier alpha value is -0.380. The van der Waals surface area contributed by atoms with Gasteiger partial charge in [0, 0.05) is 30.7 Å². The van der Waals surface area contributed by atoms with E-state index in [1.165, 1.54) is 9.80 Å². The molecule has 0 amide bonds. The van der Waals surface area contributed by atoms with Gasteiger partial charge in [-0.05, 0) is 36.7 Å². The van der Waals surface area contributed by atoms with Crippen molar-refractivity contribution in [2.24, 2.45) is 0 Å². The number of aliphatic hydroxyl groups is 4. The third kappa shape index (κ3) is 9.85. The van der Waals surface area contributed by atoms with E-state index in [-0.39, 0.29) is 79.0 Å². The highest BCUT2D eigenvalue weighted by molar-refractivity contribution is 7.33. The first kappa shape index (κ1) is 31.6. The van der Waals surface area contributed by atoms with E-state index in [1.807, 2.05) is 0 Å².